The van der Waals surface area contributed by atoms with Gasteiger partial charge in [-0.15, -0.1) is 0 Å². The van der Waals surface area contributed by atoms with E-state index in [0.29, 0.717) is 43.4 Å². The number of hydrogen-bond donors (Lipinski definition) is 0. The van der Waals surface area contributed by atoms with Crippen LogP contribution in [0.25, 0.3) is 16.8 Å². The van der Waals surface area contributed by atoms with Crippen molar-refractivity contribution < 1.29 is 14.0 Å². The van der Waals surface area contributed by atoms with Gasteiger partial charge in [0.1, 0.15) is 5.52 Å². The Balaban J connectivity index is 1.21. The average molecular weight is 488 g/mol. The van der Waals surface area contributed by atoms with Crippen molar-refractivity contribution in [3.05, 3.63) is 82.8 Å². The summed E-state index contributed by atoms with van der Waals surface area (Å²) >= 11 is 0. The summed E-state index contributed by atoms with van der Waals surface area (Å²) in [6.45, 7) is 6.40. The number of amides is 2. The van der Waals surface area contributed by atoms with E-state index in [4.69, 9.17) is 4.42 Å². The Morgan fingerprint density at radius 2 is 1.72 bits per heavy atom. The SMILES string of the molecule is CC(C)c1ccc(-c2cc3c(=O)n(CCC(=O)N4CCN(C(=O)c5ccco5)CC4)ccn3n2)cc1. The average Bonchev–Trinajstić information content (AvgIpc) is 3.59. The minimum atomic E-state index is -0.184. The second-order valence-electron chi connectivity index (χ2n) is 9.33. The highest BCUT2D eigenvalue weighted by molar-refractivity contribution is 5.91. The number of benzene rings is 1. The predicted molar refractivity (Wildman–Crippen MR) is 135 cm³/mol. The molecule has 4 heterocycles. The van der Waals surface area contributed by atoms with E-state index in [9.17, 15) is 14.4 Å². The molecule has 1 fully saturated rings. The smallest absolute Gasteiger partial charge is 0.289 e. The summed E-state index contributed by atoms with van der Waals surface area (Å²) < 4.78 is 8.32. The molecule has 9 nitrogen and oxygen atoms in total. The first-order valence-corrected chi connectivity index (χ1v) is 12.2. The van der Waals surface area contributed by atoms with E-state index in [0.717, 1.165) is 11.3 Å². The van der Waals surface area contributed by atoms with Gasteiger partial charge in [-0.05, 0) is 29.7 Å². The van der Waals surface area contributed by atoms with Crippen molar-refractivity contribution in [1.29, 1.82) is 0 Å². The van der Waals surface area contributed by atoms with Gasteiger partial charge in [-0.3, -0.25) is 14.4 Å². The zero-order chi connectivity index (χ0) is 25.2. The maximum absolute atomic E-state index is 13.1. The van der Waals surface area contributed by atoms with Crippen molar-refractivity contribution in [1.82, 2.24) is 24.0 Å². The first-order chi connectivity index (χ1) is 17.4. The fraction of sp³-hybridized carbons (Fsp3) is 0.333. The van der Waals surface area contributed by atoms with Gasteiger partial charge in [0.05, 0.1) is 12.0 Å². The summed E-state index contributed by atoms with van der Waals surface area (Å²) in [6.07, 6.45) is 5.09. The topological polar surface area (TPSA) is 93.1 Å². The van der Waals surface area contributed by atoms with Crippen molar-refractivity contribution in [2.24, 2.45) is 0 Å². The number of nitrogens with zero attached hydrogens (tertiary/aromatic N) is 5. The van der Waals surface area contributed by atoms with Crippen molar-refractivity contribution in [2.45, 2.75) is 32.7 Å². The van der Waals surface area contributed by atoms with E-state index in [1.807, 2.05) is 12.1 Å². The monoisotopic (exact) mass is 487 g/mol. The van der Waals surface area contributed by atoms with Crippen LogP contribution in [0.2, 0.25) is 0 Å². The molecule has 0 N–H and O–H groups in total. The normalized spacial score (nSPS) is 14.1. The van der Waals surface area contributed by atoms with Crippen LogP contribution in [-0.2, 0) is 11.3 Å². The Morgan fingerprint density at radius 1 is 1.00 bits per heavy atom. The molecule has 0 aliphatic carbocycles. The number of aryl methyl sites for hydroxylation is 1. The van der Waals surface area contributed by atoms with Crippen molar-refractivity contribution >= 4 is 17.3 Å². The van der Waals surface area contributed by atoms with Crippen LogP contribution in [0.5, 0.6) is 0 Å². The van der Waals surface area contributed by atoms with E-state index in [2.05, 4.69) is 31.1 Å². The van der Waals surface area contributed by atoms with Crippen LogP contribution >= 0.6 is 0 Å². The third-order valence-electron chi connectivity index (χ3n) is 6.69. The highest BCUT2D eigenvalue weighted by Crippen LogP contribution is 2.22. The molecule has 9 heteroatoms. The van der Waals surface area contributed by atoms with Crippen LogP contribution in [-0.4, -0.2) is 62.0 Å². The molecular formula is C27H29N5O4. The Bertz CT molecular complexity index is 1430. The summed E-state index contributed by atoms with van der Waals surface area (Å²) in [6, 6.07) is 13.3. The number of rotatable bonds is 6. The Morgan fingerprint density at radius 3 is 2.39 bits per heavy atom. The number of aromatic nitrogens is 3. The van der Waals surface area contributed by atoms with Gasteiger partial charge in [-0.25, -0.2) is 4.52 Å². The zero-order valence-corrected chi connectivity index (χ0v) is 20.5. The second kappa shape index (κ2) is 9.85. The molecule has 36 heavy (non-hydrogen) atoms. The molecule has 0 unspecified atom stereocenters. The lowest BCUT2D eigenvalue weighted by Gasteiger charge is -2.34. The van der Waals surface area contributed by atoms with Crippen LogP contribution in [0.15, 0.2) is 70.3 Å². The van der Waals surface area contributed by atoms with Crippen LogP contribution in [0, 0.1) is 0 Å². The summed E-state index contributed by atoms with van der Waals surface area (Å²) in [5.41, 5.74) is 3.22. The fourth-order valence-electron chi connectivity index (χ4n) is 4.47. The standard InChI is InChI=1S/C27H29N5O4/c1-19(2)20-5-7-21(8-6-20)22-18-23-26(34)30(15-16-32(23)28-22)10-9-25(33)29-11-13-31(14-12-29)27(35)24-4-3-17-36-24/h3-8,15-19H,9-14H2,1-2H3. The van der Waals surface area contributed by atoms with Crippen LogP contribution in [0.4, 0.5) is 0 Å². The Kier molecular flexibility index (Phi) is 6.45. The molecular weight excluding hydrogens is 458 g/mol. The van der Waals surface area contributed by atoms with E-state index in [1.165, 1.54) is 11.8 Å². The molecule has 0 spiro atoms. The molecule has 1 saturated heterocycles. The summed E-state index contributed by atoms with van der Waals surface area (Å²) in [5, 5.41) is 4.56. The molecule has 2 amide bonds. The first kappa shape index (κ1) is 23.6. The van der Waals surface area contributed by atoms with E-state index in [1.54, 1.807) is 49.5 Å². The molecule has 1 aliphatic heterocycles. The molecule has 4 aromatic rings. The van der Waals surface area contributed by atoms with Crippen LogP contribution < -0.4 is 5.56 Å². The molecule has 186 valence electrons. The van der Waals surface area contributed by atoms with Gasteiger partial charge in [0.15, 0.2) is 5.76 Å². The molecule has 0 radical (unpaired) electrons. The lowest BCUT2D eigenvalue weighted by atomic mass is 10.0. The van der Waals surface area contributed by atoms with Gasteiger partial charge < -0.3 is 18.8 Å². The zero-order valence-electron chi connectivity index (χ0n) is 20.5. The van der Waals surface area contributed by atoms with Gasteiger partial charge in [-0.2, -0.15) is 5.10 Å². The maximum Gasteiger partial charge on any atom is 0.289 e. The number of fused-ring (bicyclic) bond motifs is 1. The second-order valence-corrected chi connectivity index (χ2v) is 9.33. The van der Waals surface area contributed by atoms with Crippen LogP contribution in [0.3, 0.4) is 0 Å². The summed E-state index contributed by atoms with van der Waals surface area (Å²) in [4.78, 5) is 41.7. The van der Waals surface area contributed by atoms with Crippen LogP contribution in [0.1, 0.15) is 42.3 Å². The fourth-order valence-corrected chi connectivity index (χ4v) is 4.47. The highest BCUT2D eigenvalue weighted by Gasteiger charge is 2.26. The van der Waals surface area contributed by atoms with Gasteiger partial charge in [-0.1, -0.05) is 38.1 Å². The minimum Gasteiger partial charge on any atom is -0.459 e. The number of carbonyl (C=O) groups excluding carboxylic acids is 2. The Labute approximate surface area is 208 Å². The molecule has 0 bridgehead atoms. The molecule has 0 atom stereocenters. The molecule has 5 rings (SSSR count). The Hall–Kier alpha value is -4.14. The molecule has 1 aromatic carbocycles. The van der Waals surface area contributed by atoms with E-state index < -0.39 is 0 Å². The van der Waals surface area contributed by atoms with Crippen molar-refractivity contribution in [2.75, 3.05) is 26.2 Å². The van der Waals surface area contributed by atoms with Gasteiger partial charge in [0.2, 0.25) is 5.91 Å². The number of piperazine rings is 1. The molecule has 1 aliphatic rings. The first-order valence-electron chi connectivity index (χ1n) is 12.2. The van der Waals surface area contributed by atoms with Gasteiger partial charge >= 0.3 is 0 Å². The third-order valence-corrected chi connectivity index (χ3v) is 6.69. The third kappa shape index (κ3) is 4.68. The van der Waals surface area contributed by atoms with Crippen molar-refractivity contribution in [3.8, 4) is 11.3 Å². The number of furan rings is 1. The van der Waals surface area contributed by atoms with E-state index >= 15 is 0 Å². The number of hydrogen-bond acceptors (Lipinski definition) is 5. The van der Waals surface area contributed by atoms with Crippen molar-refractivity contribution in [3.63, 3.8) is 0 Å². The minimum absolute atomic E-state index is 0.0358. The highest BCUT2D eigenvalue weighted by atomic mass is 16.3. The van der Waals surface area contributed by atoms with Gasteiger partial charge in [0.25, 0.3) is 11.5 Å². The number of carbonyl (C=O) groups is 2. The van der Waals surface area contributed by atoms with Gasteiger partial charge in [0, 0.05) is 57.1 Å². The quantitative estimate of drug-likeness (QED) is 0.416. The lowest BCUT2D eigenvalue weighted by Crippen LogP contribution is -2.50. The molecule has 3 aromatic heterocycles. The summed E-state index contributed by atoms with van der Waals surface area (Å²) in [7, 11) is 0. The lowest BCUT2D eigenvalue weighted by molar-refractivity contribution is -0.132. The summed E-state index contributed by atoms with van der Waals surface area (Å²) in [5.74, 6) is 0.553. The largest absolute Gasteiger partial charge is 0.459 e. The molecule has 0 saturated carbocycles. The van der Waals surface area contributed by atoms with E-state index in [-0.39, 0.29) is 30.3 Å². The predicted octanol–water partition coefficient (Wildman–Crippen LogP) is 3.25. The maximum atomic E-state index is 13.1.